The molecule has 0 aromatic carbocycles. The molecule has 1 aliphatic carbocycles. The maximum absolute atomic E-state index is 11.0. The zero-order valence-electron chi connectivity index (χ0n) is 9.69. The molecule has 0 aliphatic heterocycles. The van der Waals surface area contributed by atoms with Crippen LogP contribution in [0.15, 0.2) is 0 Å². The minimum atomic E-state index is -0.957. The average Bonchev–Trinajstić information content (AvgIpc) is 2.25. The summed E-state index contributed by atoms with van der Waals surface area (Å²) in [6.45, 7) is 2.11. The molecule has 0 radical (unpaired) electrons. The monoisotopic (exact) mass is 270 g/mol. The van der Waals surface area contributed by atoms with Gasteiger partial charge in [-0.2, -0.15) is 0 Å². The first-order valence-corrected chi connectivity index (χ1v) is 6.01. The number of carboxylic acids is 2. The van der Waals surface area contributed by atoms with Crippen LogP contribution < -0.4 is 0 Å². The molecule has 0 bridgehead atoms. The van der Waals surface area contributed by atoms with Crippen molar-refractivity contribution in [3.8, 4) is 0 Å². The van der Waals surface area contributed by atoms with E-state index in [-0.39, 0.29) is 37.7 Å². The molecule has 17 heavy (non-hydrogen) atoms. The summed E-state index contributed by atoms with van der Waals surface area (Å²) >= 11 is 0. The van der Waals surface area contributed by atoms with Gasteiger partial charge in [0.25, 0.3) is 0 Å². The predicted molar refractivity (Wildman–Crippen MR) is 67.7 cm³/mol. The Labute approximate surface area is 132 Å². The van der Waals surface area contributed by atoms with Crippen LogP contribution in [0.5, 0.6) is 0 Å². The Morgan fingerprint density at radius 1 is 1.12 bits per heavy atom. The maximum atomic E-state index is 11.0. The summed E-state index contributed by atoms with van der Waals surface area (Å²) in [5.41, 5.74) is 0. The van der Waals surface area contributed by atoms with E-state index in [0.717, 1.165) is 25.7 Å². The SMILES string of the molecule is CCCCC1CCC(C(=O)O)C(C(=O)O)C1.[CaH2]. The van der Waals surface area contributed by atoms with E-state index in [0.29, 0.717) is 18.8 Å². The fraction of sp³-hybridized carbons (Fsp3) is 0.833. The van der Waals surface area contributed by atoms with Crippen LogP contribution in [0.25, 0.3) is 0 Å². The summed E-state index contributed by atoms with van der Waals surface area (Å²) < 4.78 is 0. The predicted octanol–water partition coefficient (Wildman–Crippen LogP) is 1.46. The third-order valence-electron chi connectivity index (χ3n) is 3.56. The molecule has 0 spiro atoms. The van der Waals surface area contributed by atoms with Gasteiger partial charge < -0.3 is 10.2 Å². The minimum absolute atomic E-state index is 0. The van der Waals surface area contributed by atoms with Crippen molar-refractivity contribution >= 4 is 49.7 Å². The number of hydrogen-bond donors (Lipinski definition) is 2. The Hall–Kier alpha value is 0.200. The molecular weight excluding hydrogens is 248 g/mol. The first-order valence-electron chi connectivity index (χ1n) is 6.01. The second-order valence-corrected chi connectivity index (χ2v) is 4.71. The van der Waals surface area contributed by atoms with Crippen LogP contribution in [0.1, 0.15) is 45.4 Å². The summed E-state index contributed by atoms with van der Waals surface area (Å²) in [7, 11) is 0. The number of carbonyl (C=O) groups is 2. The van der Waals surface area contributed by atoms with E-state index >= 15 is 0 Å². The summed E-state index contributed by atoms with van der Waals surface area (Å²) in [5, 5.41) is 18.0. The van der Waals surface area contributed by atoms with Gasteiger partial charge in [-0.15, -0.1) is 0 Å². The molecule has 3 unspecified atom stereocenters. The number of carboxylic acid groups (broad SMARTS) is 2. The standard InChI is InChI=1S/C12H20O4.Ca.2H/c1-2-3-4-8-5-6-9(11(13)14)10(7-8)12(15)16;;;/h8-10H,2-7H2,1H3,(H,13,14)(H,15,16);;;. The van der Waals surface area contributed by atoms with Crippen molar-refractivity contribution in [2.45, 2.75) is 45.4 Å². The molecule has 5 heteroatoms. The van der Waals surface area contributed by atoms with Gasteiger partial charge in [-0.1, -0.05) is 26.2 Å². The molecule has 3 atom stereocenters. The van der Waals surface area contributed by atoms with Crippen molar-refractivity contribution in [3.63, 3.8) is 0 Å². The van der Waals surface area contributed by atoms with Crippen molar-refractivity contribution in [3.05, 3.63) is 0 Å². The fourth-order valence-corrected chi connectivity index (χ4v) is 2.58. The average molecular weight is 270 g/mol. The molecule has 4 nitrogen and oxygen atoms in total. The topological polar surface area (TPSA) is 74.6 Å². The van der Waals surface area contributed by atoms with Crippen LogP contribution in [-0.2, 0) is 9.59 Å². The quantitative estimate of drug-likeness (QED) is 0.742. The van der Waals surface area contributed by atoms with E-state index < -0.39 is 23.8 Å². The Kier molecular flexibility index (Phi) is 8.43. The molecular formula is C12H22CaO4. The van der Waals surface area contributed by atoms with Gasteiger partial charge in [0.1, 0.15) is 0 Å². The molecule has 0 heterocycles. The van der Waals surface area contributed by atoms with Gasteiger partial charge in [-0.3, -0.25) is 9.59 Å². The van der Waals surface area contributed by atoms with Crippen LogP contribution in [0.2, 0.25) is 0 Å². The number of unbranched alkanes of at least 4 members (excludes halogenated alkanes) is 1. The summed E-state index contributed by atoms with van der Waals surface area (Å²) in [6, 6.07) is 0. The zero-order chi connectivity index (χ0) is 12.1. The second-order valence-electron chi connectivity index (χ2n) is 4.71. The van der Waals surface area contributed by atoms with Crippen LogP contribution >= 0.6 is 0 Å². The van der Waals surface area contributed by atoms with Crippen molar-refractivity contribution in [2.75, 3.05) is 0 Å². The van der Waals surface area contributed by atoms with Crippen molar-refractivity contribution in [1.82, 2.24) is 0 Å². The van der Waals surface area contributed by atoms with Gasteiger partial charge in [-0.05, 0) is 25.2 Å². The molecule has 1 aliphatic rings. The third-order valence-corrected chi connectivity index (χ3v) is 3.56. The van der Waals surface area contributed by atoms with Gasteiger partial charge in [0.2, 0.25) is 0 Å². The van der Waals surface area contributed by atoms with Gasteiger partial charge in [0.15, 0.2) is 0 Å². The third kappa shape index (κ3) is 5.14. The summed E-state index contributed by atoms with van der Waals surface area (Å²) in [6.07, 6.45) is 5.16. The Bertz CT molecular complexity index is 267. The van der Waals surface area contributed by atoms with Gasteiger partial charge in [0.05, 0.1) is 11.8 Å². The van der Waals surface area contributed by atoms with Crippen molar-refractivity contribution < 1.29 is 19.8 Å². The van der Waals surface area contributed by atoms with Crippen molar-refractivity contribution in [2.24, 2.45) is 17.8 Å². The van der Waals surface area contributed by atoms with E-state index in [4.69, 9.17) is 10.2 Å². The van der Waals surface area contributed by atoms with Crippen LogP contribution in [0.3, 0.4) is 0 Å². The van der Waals surface area contributed by atoms with Crippen LogP contribution in [0, 0.1) is 17.8 Å². The molecule has 1 fully saturated rings. The van der Waals surface area contributed by atoms with E-state index in [9.17, 15) is 9.59 Å². The molecule has 96 valence electrons. The fourth-order valence-electron chi connectivity index (χ4n) is 2.58. The normalized spacial score (nSPS) is 28.2. The second kappa shape index (κ2) is 8.33. The summed E-state index contributed by atoms with van der Waals surface area (Å²) in [5.74, 6) is -2.88. The molecule has 0 aromatic rings. The molecule has 2 N–H and O–H groups in total. The molecule has 1 rings (SSSR count). The van der Waals surface area contributed by atoms with Crippen LogP contribution in [-0.4, -0.2) is 59.9 Å². The zero-order valence-corrected chi connectivity index (χ0v) is 9.69. The Balaban J connectivity index is 0.00000256. The number of hydrogen-bond acceptors (Lipinski definition) is 2. The Morgan fingerprint density at radius 3 is 2.18 bits per heavy atom. The summed E-state index contributed by atoms with van der Waals surface area (Å²) in [4.78, 5) is 22.0. The first-order chi connectivity index (χ1) is 7.56. The molecule has 0 amide bonds. The molecule has 1 saturated carbocycles. The van der Waals surface area contributed by atoms with Crippen LogP contribution in [0.4, 0.5) is 0 Å². The number of rotatable bonds is 5. The van der Waals surface area contributed by atoms with Gasteiger partial charge >= 0.3 is 49.7 Å². The number of aliphatic carboxylic acids is 2. The van der Waals surface area contributed by atoms with E-state index in [1.807, 2.05) is 0 Å². The van der Waals surface area contributed by atoms with Gasteiger partial charge in [-0.25, -0.2) is 0 Å². The van der Waals surface area contributed by atoms with Crippen molar-refractivity contribution in [1.29, 1.82) is 0 Å². The first kappa shape index (κ1) is 17.2. The Morgan fingerprint density at radius 2 is 1.71 bits per heavy atom. The molecule has 0 aromatic heterocycles. The van der Waals surface area contributed by atoms with E-state index in [1.54, 1.807) is 0 Å². The van der Waals surface area contributed by atoms with E-state index in [2.05, 4.69) is 6.92 Å². The van der Waals surface area contributed by atoms with E-state index in [1.165, 1.54) is 0 Å². The van der Waals surface area contributed by atoms with Gasteiger partial charge in [0, 0.05) is 0 Å². The molecule has 0 saturated heterocycles.